The molecule has 2 heterocycles. The van der Waals surface area contributed by atoms with E-state index in [4.69, 9.17) is 9.26 Å². The van der Waals surface area contributed by atoms with E-state index in [2.05, 4.69) is 15.5 Å². The number of rotatable bonds is 4. The molecule has 0 aliphatic heterocycles. The monoisotopic (exact) mass is 373 g/mol. The van der Waals surface area contributed by atoms with E-state index in [1.54, 1.807) is 13.0 Å². The third kappa shape index (κ3) is 3.68. The molecular formula is C20H27N3O4. The molecular weight excluding hydrogens is 346 g/mol. The van der Waals surface area contributed by atoms with Crippen molar-refractivity contribution in [3.05, 3.63) is 23.0 Å². The molecule has 0 bridgehead atoms. The molecule has 146 valence electrons. The molecule has 1 aliphatic rings. The van der Waals surface area contributed by atoms with E-state index in [1.807, 2.05) is 13.8 Å². The molecule has 1 amide bonds. The Hall–Kier alpha value is -2.44. The predicted molar refractivity (Wildman–Crippen MR) is 101 cm³/mol. The normalized spacial score (nSPS) is 16.9. The van der Waals surface area contributed by atoms with Gasteiger partial charge in [0.15, 0.2) is 0 Å². The van der Waals surface area contributed by atoms with Crippen LogP contribution in [0.1, 0.15) is 80.0 Å². The molecule has 0 radical (unpaired) electrons. The lowest BCUT2D eigenvalue weighted by molar-refractivity contribution is -0.148. The number of carbonyl (C=O) groups excluding carboxylic acids is 2. The first-order chi connectivity index (χ1) is 12.9. The van der Waals surface area contributed by atoms with Crippen molar-refractivity contribution in [1.82, 2.24) is 15.5 Å². The van der Waals surface area contributed by atoms with Crippen molar-refractivity contribution in [2.75, 3.05) is 7.11 Å². The van der Waals surface area contributed by atoms with E-state index in [0.29, 0.717) is 35.2 Å². The number of aromatic nitrogens is 2. The Kier molecular flexibility index (Phi) is 5.48. The fraction of sp³-hybridized carbons (Fsp3) is 0.600. The highest BCUT2D eigenvalue weighted by Gasteiger charge is 2.41. The fourth-order valence-corrected chi connectivity index (χ4v) is 3.78. The number of amides is 1. The average Bonchev–Trinajstić information content (AvgIpc) is 2.87. The summed E-state index contributed by atoms with van der Waals surface area (Å²) < 4.78 is 10.3. The van der Waals surface area contributed by atoms with Crippen LogP contribution in [0.3, 0.4) is 0 Å². The van der Waals surface area contributed by atoms with Crippen LogP contribution in [0, 0.1) is 6.92 Å². The zero-order valence-electron chi connectivity index (χ0n) is 16.4. The number of carbonyl (C=O) groups is 2. The van der Waals surface area contributed by atoms with Gasteiger partial charge in [0.05, 0.1) is 23.8 Å². The molecule has 0 unspecified atom stereocenters. The topological polar surface area (TPSA) is 94.3 Å². The van der Waals surface area contributed by atoms with Crippen molar-refractivity contribution in [3.63, 3.8) is 0 Å². The largest absolute Gasteiger partial charge is 0.467 e. The van der Waals surface area contributed by atoms with E-state index in [9.17, 15) is 9.59 Å². The Labute approximate surface area is 158 Å². The molecule has 0 aromatic carbocycles. The maximum atomic E-state index is 13.3. The van der Waals surface area contributed by atoms with Gasteiger partial charge in [-0.1, -0.05) is 44.7 Å². The molecule has 3 rings (SSSR count). The second kappa shape index (κ2) is 7.66. The lowest BCUT2D eigenvalue weighted by Gasteiger charge is -2.31. The molecule has 2 aromatic heterocycles. The van der Waals surface area contributed by atoms with E-state index in [0.717, 1.165) is 31.4 Å². The Morgan fingerprint density at radius 3 is 2.48 bits per heavy atom. The minimum absolute atomic E-state index is 0.124. The molecule has 1 saturated carbocycles. The van der Waals surface area contributed by atoms with Crippen molar-refractivity contribution in [3.8, 4) is 0 Å². The highest BCUT2D eigenvalue weighted by Crippen LogP contribution is 2.30. The Morgan fingerprint density at radius 2 is 1.89 bits per heavy atom. The Balaban J connectivity index is 2.03. The van der Waals surface area contributed by atoms with Crippen LogP contribution in [0.5, 0.6) is 0 Å². The third-order valence-electron chi connectivity index (χ3n) is 5.36. The standard InChI is InChI=1S/C20H27N3O4/c1-12(2)15-11-14(16-13(3)23-27-18(16)21-15)17(24)22-20(19(25)26-4)9-7-5-6-8-10-20/h11-12H,5-10H2,1-4H3,(H,22,24). The predicted octanol–water partition coefficient (Wildman–Crippen LogP) is 3.65. The van der Waals surface area contributed by atoms with Gasteiger partial charge in [0.1, 0.15) is 5.54 Å². The highest BCUT2D eigenvalue weighted by molar-refractivity contribution is 6.07. The number of ether oxygens (including phenoxy) is 1. The number of nitrogens with zero attached hydrogens (tertiary/aromatic N) is 2. The number of nitrogens with one attached hydrogen (secondary N) is 1. The molecule has 7 nitrogen and oxygen atoms in total. The van der Waals surface area contributed by atoms with E-state index < -0.39 is 5.54 Å². The maximum absolute atomic E-state index is 13.3. The molecule has 0 spiro atoms. The zero-order valence-corrected chi connectivity index (χ0v) is 16.4. The first-order valence-corrected chi connectivity index (χ1v) is 9.56. The van der Waals surface area contributed by atoms with Crippen LogP contribution in [0.25, 0.3) is 11.1 Å². The summed E-state index contributed by atoms with van der Waals surface area (Å²) in [6.07, 6.45) is 5.03. The van der Waals surface area contributed by atoms with Crippen molar-refractivity contribution in [2.24, 2.45) is 0 Å². The molecule has 0 atom stereocenters. The van der Waals surface area contributed by atoms with Gasteiger partial charge in [-0.3, -0.25) is 4.79 Å². The smallest absolute Gasteiger partial charge is 0.331 e. The maximum Gasteiger partial charge on any atom is 0.331 e. The Morgan fingerprint density at radius 1 is 1.22 bits per heavy atom. The van der Waals surface area contributed by atoms with Crippen LogP contribution in [0.2, 0.25) is 0 Å². The lowest BCUT2D eigenvalue weighted by atomic mass is 9.89. The molecule has 1 N–H and O–H groups in total. The van der Waals surface area contributed by atoms with Crippen LogP contribution in [0.4, 0.5) is 0 Å². The number of aryl methyl sites for hydroxylation is 1. The van der Waals surface area contributed by atoms with Gasteiger partial charge in [0, 0.05) is 5.69 Å². The number of esters is 1. The third-order valence-corrected chi connectivity index (χ3v) is 5.36. The van der Waals surface area contributed by atoms with Crippen molar-refractivity contribution in [1.29, 1.82) is 0 Å². The van der Waals surface area contributed by atoms with Crippen molar-refractivity contribution >= 4 is 23.0 Å². The minimum atomic E-state index is -0.985. The van der Waals surface area contributed by atoms with Gasteiger partial charge in [-0.05, 0) is 31.7 Å². The quantitative estimate of drug-likeness (QED) is 0.649. The average molecular weight is 373 g/mol. The summed E-state index contributed by atoms with van der Waals surface area (Å²) >= 11 is 0. The van der Waals surface area contributed by atoms with E-state index in [-0.39, 0.29) is 17.8 Å². The van der Waals surface area contributed by atoms with Gasteiger partial charge in [-0.2, -0.15) is 0 Å². The lowest BCUT2D eigenvalue weighted by Crippen LogP contribution is -2.54. The molecule has 7 heteroatoms. The van der Waals surface area contributed by atoms with Crippen molar-refractivity contribution < 1.29 is 18.8 Å². The number of fused-ring (bicyclic) bond motifs is 1. The zero-order chi connectivity index (χ0) is 19.6. The number of hydrogen-bond donors (Lipinski definition) is 1. The second-order valence-electron chi connectivity index (χ2n) is 7.64. The number of methoxy groups -OCH3 is 1. The molecule has 1 aliphatic carbocycles. The highest BCUT2D eigenvalue weighted by atomic mass is 16.5. The number of pyridine rings is 1. The summed E-state index contributed by atoms with van der Waals surface area (Å²) in [6, 6.07) is 1.77. The molecule has 27 heavy (non-hydrogen) atoms. The molecule has 0 saturated heterocycles. The Bertz CT molecular complexity index is 848. The number of hydrogen-bond acceptors (Lipinski definition) is 6. The van der Waals surface area contributed by atoms with Gasteiger partial charge < -0.3 is 14.6 Å². The van der Waals surface area contributed by atoms with Gasteiger partial charge in [-0.25, -0.2) is 9.78 Å². The van der Waals surface area contributed by atoms with Gasteiger partial charge >= 0.3 is 5.97 Å². The first kappa shape index (κ1) is 19.3. The van der Waals surface area contributed by atoms with Gasteiger partial charge in [0.25, 0.3) is 11.6 Å². The van der Waals surface area contributed by atoms with Crippen molar-refractivity contribution in [2.45, 2.75) is 70.8 Å². The fourth-order valence-electron chi connectivity index (χ4n) is 3.78. The SMILES string of the molecule is COC(=O)C1(NC(=O)c2cc(C(C)C)nc3onc(C)c23)CCCCCC1. The summed E-state index contributed by atoms with van der Waals surface area (Å²) in [5.74, 6) is -0.573. The van der Waals surface area contributed by atoms with E-state index >= 15 is 0 Å². The van der Waals surface area contributed by atoms with Crippen LogP contribution < -0.4 is 5.32 Å². The minimum Gasteiger partial charge on any atom is -0.467 e. The van der Waals surface area contributed by atoms with Crippen LogP contribution in [0.15, 0.2) is 10.6 Å². The van der Waals surface area contributed by atoms with Crippen LogP contribution in [-0.2, 0) is 9.53 Å². The summed E-state index contributed by atoms with van der Waals surface area (Å²) in [4.78, 5) is 30.3. The second-order valence-corrected chi connectivity index (χ2v) is 7.64. The van der Waals surface area contributed by atoms with Gasteiger partial charge in [0.2, 0.25) is 0 Å². The van der Waals surface area contributed by atoms with Gasteiger partial charge in [-0.15, -0.1) is 0 Å². The molecule has 1 fully saturated rings. The summed E-state index contributed by atoms with van der Waals surface area (Å²) in [6.45, 7) is 5.78. The summed E-state index contributed by atoms with van der Waals surface area (Å²) in [7, 11) is 1.37. The summed E-state index contributed by atoms with van der Waals surface area (Å²) in [5, 5.41) is 7.55. The van der Waals surface area contributed by atoms with E-state index in [1.165, 1.54) is 7.11 Å². The summed E-state index contributed by atoms with van der Waals surface area (Å²) in [5.41, 5.74) is 1.15. The van der Waals surface area contributed by atoms with Crippen LogP contribution >= 0.6 is 0 Å². The van der Waals surface area contributed by atoms with Crippen LogP contribution in [-0.4, -0.2) is 34.7 Å². The first-order valence-electron chi connectivity index (χ1n) is 9.56. The molecule has 2 aromatic rings.